The lowest BCUT2D eigenvalue weighted by Gasteiger charge is -2.26. The summed E-state index contributed by atoms with van der Waals surface area (Å²) in [5.41, 5.74) is 7.95. The Morgan fingerprint density at radius 1 is 1.75 bits per heavy atom. The van der Waals surface area contributed by atoms with Crippen molar-refractivity contribution in [2.45, 2.75) is 25.4 Å². The molecule has 2 heterocycles. The van der Waals surface area contributed by atoms with Crippen molar-refractivity contribution in [1.82, 2.24) is 15.3 Å². The van der Waals surface area contributed by atoms with Crippen molar-refractivity contribution < 1.29 is 0 Å². The third kappa shape index (κ3) is 1.13. The number of hydrogen-bond donors (Lipinski definition) is 3. The minimum Gasteiger partial charge on any atom is -0.348 e. The van der Waals surface area contributed by atoms with E-state index in [9.17, 15) is 0 Å². The summed E-state index contributed by atoms with van der Waals surface area (Å²) in [4.78, 5) is 7.39. The van der Waals surface area contributed by atoms with E-state index in [4.69, 9.17) is 5.73 Å². The lowest BCUT2D eigenvalue weighted by Crippen LogP contribution is -2.40. The Balaban J connectivity index is 2.31. The number of fused-ring (bicyclic) bond motifs is 1. The molecule has 0 fully saturated rings. The Morgan fingerprint density at radius 2 is 2.58 bits per heavy atom. The third-order valence-corrected chi connectivity index (χ3v) is 2.31. The van der Waals surface area contributed by atoms with Crippen molar-refractivity contribution in [2.75, 3.05) is 6.54 Å². The van der Waals surface area contributed by atoms with Crippen LogP contribution in [0.25, 0.3) is 0 Å². The second kappa shape index (κ2) is 2.88. The van der Waals surface area contributed by atoms with Gasteiger partial charge in [0.25, 0.3) is 0 Å². The molecule has 4 N–H and O–H groups in total. The highest BCUT2D eigenvalue weighted by atomic mass is 15.0. The molecule has 2 atom stereocenters. The number of nitrogens with one attached hydrogen (secondary N) is 2. The first-order valence-corrected chi connectivity index (χ1v) is 4.29. The van der Waals surface area contributed by atoms with E-state index in [-0.39, 0.29) is 6.04 Å². The third-order valence-electron chi connectivity index (χ3n) is 2.31. The summed E-state index contributed by atoms with van der Waals surface area (Å²) in [5, 5.41) is 3.40. The van der Waals surface area contributed by atoms with Gasteiger partial charge in [0.15, 0.2) is 0 Å². The van der Waals surface area contributed by atoms with Crippen molar-refractivity contribution >= 4 is 0 Å². The van der Waals surface area contributed by atoms with E-state index in [1.807, 2.05) is 0 Å². The molecule has 0 saturated carbocycles. The Kier molecular flexibility index (Phi) is 1.86. The van der Waals surface area contributed by atoms with Crippen LogP contribution in [0.4, 0.5) is 0 Å². The molecule has 1 aliphatic heterocycles. The summed E-state index contributed by atoms with van der Waals surface area (Å²) >= 11 is 0. The number of aromatic amines is 1. The molecule has 66 valence electrons. The fourth-order valence-corrected chi connectivity index (χ4v) is 1.76. The minimum absolute atomic E-state index is 0.231. The molecule has 12 heavy (non-hydrogen) atoms. The molecule has 0 aliphatic carbocycles. The van der Waals surface area contributed by atoms with Crippen LogP contribution in [0, 0.1) is 0 Å². The van der Waals surface area contributed by atoms with Gasteiger partial charge in [-0.05, 0) is 6.92 Å². The van der Waals surface area contributed by atoms with Crippen LogP contribution < -0.4 is 11.1 Å². The Labute approximate surface area is 71.6 Å². The van der Waals surface area contributed by atoms with Crippen molar-refractivity contribution in [3.63, 3.8) is 0 Å². The van der Waals surface area contributed by atoms with Gasteiger partial charge >= 0.3 is 0 Å². The molecule has 0 amide bonds. The molecule has 0 aromatic carbocycles. The Morgan fingerprint density at radius 3 is 3.33 bits per heavy atom. The molecule has 4 heteroatoms. The van der Waals surface area contributed by atoms with Gasteiger partial charge in [-0.1, -0.05) is 0 Å². The number of hydrogen-bond acceptors (Lipinski definition) is 3. The van der Waals surface area contributed by atoms with E-state index in [0.717, 1.165) is 12.1 Å². The Hall–Kier alpha value is -0.870. The summed E-state index contributed by atoms with van der Waals surface area (Å²) in [5.74, 6) is 0. The van der Waals surface area contributed by atoms with E-state index >= 15 is 0 Å². The maximum absolute atomic E-state index is 5.62. The monoisotopic (exact) mass is 166 g/mol. The van der Waals surface area contributed by atoms with Crippen molar-refractivity contribution in [1.29, 1.82) is 0 Å². The Bertz CT molecular complexity index is 268. The highest BCUT2D eigenvalue weighted by molar-refractivity contribution is 5.20. The second-order valence-electron chi connectivity index (χ2n) is 3.33. The predicted molar refractivity (Wildman–Crippen MR) is 46.7 cm³/mol. The summed E-state index contributed by atoms with van der Waals surface area (Å²) in [6.45, 7) is 2.77. The SMILES string of the molecule is CC1Cc2[nH]cnc2C(CN)N1. The predicted octanol–water partition coefficient (Wildman–Crippen LogP) is -0.0563. The number of H-pyrrole nitrogens is 1. The van der Waals surface area contributed by atoms with Crippen molar-refractivity contribution in [3.05, 3.63) is 17.7 Å². The first-order valence-electron chi connectivity index (χ1n) is 4.29. The topological polar surface area (TPSA) is 66.7 Å². The van der Waals surface area contributed by atoms with Crippen molar-refractivity contribution in [3.8, 4) is 0 Å². The molecule has 0 radical (unpaired) electrons. The minimum atomic E-state index is 0.231. The fourth-order valence-electron chi connectivity index (χ4n) is 1.76. The van der Waals surface area contributed by atoms with Gasteiger partial charge in [-0.15, -0.1) is 0 Å². The highest BCUT2D eigenvalue weighted by Gasteiger charge is 2.24. The summed E-state index contributed by atoms with van der Waals surface area (Å²) < 4.78 is 0. The molecule has 2 rings (SSSR count). The second-order valence-corrected chi connectivity index (χ2v) is 3.33. The maximum atomic E-state index is 5.62. The zero-order valence-corrected chi connectivity index (χ0v) is 7.17. The van der Waals surface area contributed by atoms with Gasteiger partial charge in [-0.25, -0.2) is 4.98 Å². The molecular formula is C8H14N4. The molecule has 0 bridgehead atoms. The van der Waals surface area contributed by atoms with Gasteiger partial charge in [0.2, 0.25) is 0 Å². The summed E-state index contributed by atoms with van der Waals surface area (Å²) in [6, 6.07) is 0.724. The highest BCUT2D eigenvalue weighted by Crippen LogP contribution is 2.20. The number of aromatic nitrogens is 2. The van der Waals surface area contributed by atoms with Gasteiger partial charge < -0.3 is 16.0 Å². The number of imidazole rings is 1. The number of nitrogens with two attached hydrogens (primary N) is 1. The lowest BCUT2D eigenvalue weighted by atomic mass is 10.0. The summed E-state index contributed by atoms with van der Waals surface area (Å²) in [6.07, 6.45) is 2.76. The van der Waals surface area contributed by atoms with Crippen LogP contribution in [0.3, 0.4) is 0 Å². The average molecular weight is 166 g/mol. The van der Waals surface area contributed by atoms with E-state index < -0.39 is 0 Å². The van der Waals surface area contributed by atoms with E-state index in [1.165, 1.54) is 5.69 Å². The lowest BCUT2D eigenvalue weighted by molar-refractivity contribution is 0.419. The van der Waals surface area contributed by atoms with Gasteiger partial charge in [0, 0.05) is 24.7 Å². The largest absolute Gasteiger partial charge is 0.348 e. The smallest absolute Gasteiger partial charge is 0.0925 e. The standard InChI is InChI=1S/C8H14N4/c1-5-2-6-8(11-4-10-6)7(3-9)12-5/h4-5,7,12H,2-3,9H2,1H3,(H,10,11). The van der Waals surface area contributed by atoms with Gasteiger partial charge in [-0.3, -0.25) is 0 Å². The van der Waals surface area contributed by atoms with Crippen molar-refractivity contribution in [2.24, 2.45) is 5.73 Å². The zero-order chi connectivity index (χ0) is 8.55. The average Bonchev–Trinajstić information content (AvgIpc) is 2.50. The van der Waals surface area contributed by atoms with E-state index in [1.54, 1.807) is 6.33 Å². The molecule has 2 unspecified atom stereocenters. The summed E-state index contributed by atoms with van der Waals surface area (Å²) in [7, 11) is 0. The molecule has 0 spiro atoms. The molecule has 4 nitrogen and oxygen atoms in total. The van der Waals surface area contributed by atoms with Gasteiger partial charge in [0.05, 0.1) is 18.1 Å². The van der Waals surface area contributed by atoms with Crippen LogP contribution in [0.1, 0.15) is 24.4 Å². The van der Waals surface area contributed by atoms with Gasteiger partial charge in [-0.2, -0.15) is 0 Å². The van der Waals surface area contributed by atoms with Crippen LogP contribution in [-0.2, 0) is 6.42 Å². The van der Waals surface area contributed by atoms with Gasteiger partial charge in [0.1, 0.15) is 0 Å². The normalized spacial score (nSPS) is 28.5. The number of rotatable bonds is 1. The maximum Gasteiger partial charge on any atom is 0.0925 e. The molecule has 0 saturated heterocycles. The first kappa shape index (κ1) is 7.76. The van der Waals surface area contributed by atoms with E-state index in [0.29, 0.717) is 12.6 Å². The van der Waals surface area contributed by atoms with Crippen LogP contribution in [-0.4, -0.2) is 22.6 Å². The van der Waals surface area contributed by atoms with Crippen LogP contribution in [0.2, 0.25) is 0 Å². The van der Waals surface area contributed by atoms with Crippen LogP contribution >= 0.6 is 0 Å². The zero-order valence-electron chi connectivity index (χ0n) is 7.17. The van der Waals surface area contributed by atoms with Crippen LogP contribution in [0.15, 0.2) is 6.33 Å². The van der Waals surface area contributed by atoms with Crippen LogP contribution in [0.5, 0.6) is 0 Å². The molecule has 1 aromatic heterocycles. The number of nitrogens with zero attached hydrogens (tertiary/aromatic N) is 1. The molecule has 1 aliphatic rings. The quantitative estimate of drug-likeness (QED) is 0.547. The molecular weight excluding hydrogens is 152 g/mol. The molecule has 1 aromatic rings. The fraction of sp³-hybridized carbons (Fsp3) is 0.625. The first-order chi connectivity index (χ1) is 5.81. The van der Waals surface area contributed by atoms with E-state index in [2.05, 4.69) is 22.2 Å².